The first kappa shape index (κ1) is 20.7. The van der Waals surface area contributed by atoms with Gasteiger partial charge in [-0.15, -0.1) is 0 Å². The van der Waals surface area contributed by atoms with E-state index >= 15 is 0 Å². The predicted molar refractivity (Wildman–Crippen MR) is 108 cm³/mol. The van der Waals surface area contributed by atoms with Gasteiger partial charge in [0, 0.05) is 29.8 Å². The number of amides is 1. The first-order chi connectivity index (χ1) is 13.8. The number of Topliss-reactive ketones (excluding diaryl/α,β-unsaturated/α-hetero) is 2. The lowest BCUT2D eigenvalue weighted by atomic mass is 9.84. The van der Waals surface area contributed by atoms with E-state index in [2.05, 4.69) is 0 Å². The molecule has 0 saturated heterocycles. The zero-order valence-corrected chi connectivity index (χ0v) is 16.8. The molecule has 0 aromatic heterocycles. The number of carbonyl (C=O) groups is 4. The molecule has 1 amide bonds. The van der Waals surface area contributed by atoms with Crippen LogP contribution >= 0.6 is 11.6 Å². The number of rotatable bonds is 6. The van der Waals surface area contributed by atoms with Crippen molar-refractivity contribution in [1.29, 1.82) is 0 Å². The summed E-state index contributed by atoms with van der Waals surface area (Å²) in [6.07, 6.45) is -0.259. The van der Waals surface area contributed by atoms with Crippen molar-refractivity contribution in [2.75, 3.05) is 11.5 Å². The Morgan fingerprint density at radius 1 is 1.14 bits per heavy atom. The number of halogens is 1. The van der Waals surface area contributed by atoms with Crippen LogP contribution in [0.15, 0.2) is 48.5 Å². The van der Waals surface area contributed by atoms with Crippen LogP contribution in [0.2, 0.25) is 5.02 Å². The third kappa shape index (κ3) is 4.07. The standard InChI is InChI=1S/C22H20ClNO5/c1-3-29-22(28)19(26)12-17(14-7-5-4-6-8-14)20-21(27)16-10-9-15(23)11-18(16)24(20)13(2)25/h4-11,17,20H,3,12H2,1-2H3/t17-,20+/m1/s1. The molecule has 150 valence electrons. The lowest BCUT2D eigenvalue weighted by Gasteiger charge is -2.30. The average Bonchev–Trinajstić information content (AvgIpc) is 2.98. The second-order valence-corrected chi connectivity index (χ2v) is 7.16. The summed E-state index contributed by atoms with van der Waals surface area (Å²) in [5, 5.41) is 0.391. The summed E-state index contributed by atoms with van der Waals surface area (Å²) in [5.41, 5.74) is 1.44. The van der Waals surface area contributed by atoms with E-state index in [0.717, 1.165) is 0 Å². The van der Waals surface area contributed by atoms with Crippen LogP contribution in [0.3, 0.4) is 0 Å². The second-order valence-electron chi connectivity index (χ2n) is 6.72. The highest BCUT2D eigenvalue weighted by Crippen LogP contribution is 2.41. The van der Waals surface area contributed by atoms with E-state index in [4.69, 9.17) is 16.3 Å². The van der Waals surface area contributed by atoms with Crippen molar-refractivity contribution in [3.05, 3.63) is 64.7 Å². The van der Waals surface area contributed by atoms with Crippen molar-refractivity contribution in [2.45, 2.75) is 32.2 Å². The van der Waals surface area contributed by atoms with Gasteiger partial charge in [0.25, 0.3) is 0 Å². The van der Waals surface area contributed by atoms with Gasteiger partial charge in [-0.25, -0.2) is 4.79 Å². The molecule has 7 heteroatoms. The number of nitrogens with zero attached hydrogens (tertiary/aromatic N) is 1. The van der Waals surface area contributed by atoms with Gasteiger partial charge in [0.2, 0.25) is 11.7 Å². The summed E-state index contributed by atoms with van der Waals surface area (Å²) in [4.78, 5) is 51.5. The summed E-state index contributed by atoms with van der Waals surface area (Å²) < 4.78 is 4.81. The van der Waals surface area contributed by atoms with E-state index in [1.807, 2.05) is 6.07 Å². The van der Waals surface area contributed by atoms with Crippen LogP contribution in [-0.4, -0.2) is 36.1 Å². The number of esters is 1. The quantitative estimate of drug-likeness (QED) is 0.534. The molecule has 0 fully saturated rings. The maximum Gasteiger partial charge on any atom is 0.374 e. The molecule has 6 nitrogen and oxygen atoms in total. The number of fused-ring (bicyclic) bond motifs is 1. The molecule has 0 radical (unpaired) electrons. The van der Waals surface area contributed by atoms with Gasteiger partial charge in [-0.05, 0) is 30.7 Å². The van der Waals surface area contributed by atoms with Crippen molar-refractivity contribution in [1.82, 2.24) is 0 Å². The molecule has 2 atom stereocenters. The Kier molecular flexibility index (Phi) is 6.13. The number of hydrogen-bond acceptors (Lipinski definition) is 5. The molecule has 1 aliphatic rings. The smallest absolute Gasteiger partial charge is 0.374 e. The molecule has 0 unspecified atom stereocenters. The van der Waals surface area contributed by atoms with E-state index in [1.54, 1.807) is 49.4 Å². The lowest BCUT2D eigenvalue weighted by molar-refractivity contribution is -0.153. The molecule has 29 heavy (non-hydrogen) atoms. The predicted octanol–water partition coefficient (Wildman–Crippen LogP) is 3.56. The molecule has 1 aliphatic heterocycles. The minimum Gasteiger partial charge on any atom is -0.460 e. The van der Waals surface area contributed by atoms with E-state index < -0.39 is 23.7 Å². The Morgan fingerprint density at radius 2 is 1.83 bits per heavy atom. The number of ether oxygens (including phenoxy) is 1. The van der Waals surface area contributed by atoms with Crippen LogP contribution < -0.4 is 4.90 Å². The zero-order chi connectivity index (χ0) is 21.1. The second kappa shape index (κ2) is 8.57. The van der Waals surface area contributed by atoms with Crippen LogP contribution in [0.5, 0.6) is 0 Å². The van der Waals surface area contributed by atoms with Gasteiger partial charge >= 0.3 is 5.97 Å². The van der Waals surface area contributed by atoms with Crippen molar-refractivity contribution >= 4 is 40.7 Å². The summed E-state index contributed by atoms with van der Waals surface area (Å²) in [5.74, 6) is -3.05. The summed E-state index contributed by atoms with van der Waals surface area (Å²) in [6, 6.07) is 12.7. The van der Waals surface area contributed by atoms with Crippen LogP contribution in [-0.2, 0) is 19.1 Å². The first-order valence-corrected chi connectivity index (χ1v) is 9.61. The number of anilines is 1. The first-order valence-electron chi connectivity index (χ1n) is 9.23. The monoisotopic (exact) mass is 413 g/mol. The third-order valence-electron chi connectivity index (χ3n) is 4.89. The van der Waals surface area contributed by atoms with Crippen LogP contribution in [0.4, 0.5) is 5.69 Å². The van der Waals surface area contributed by atoms with E-state index in [0.29, 0.717) is 21.8 Å². The molecule has 1 heterocycles. The van der Waals surface area contributed by atoms with Crippen molar-refractivity contribution in [2.24, 2.45) is 0 Å². The summed E-state index contributed by atoms with van der Waals surface area (Å²) >= 11 is 6.08. The van der Waals surface area contributed by atoms with Crippen LogP contribution in [0.25, 0.3) is 0 Å². The molecule has 0 saturated carbocycles. The molecule has 0 N–H and O–H groups in total. The largest absolute Gasteiger partial charge is 0.460 e. The SMILES string of the molecule is CCOC(=O)C(=O)C[C@H](c1ccccc1)[C@H]1C(=O)c2ccc(Cl)cc2N1C(C)=O. The maximum absolute atomic E-state index is 13.3. The summed E-state index contributed by atoms with van der Waals surface area (Å²) in [6.45, 7) is 3.04. The molecule has 3 rings (SSSR count). The number of hydrogen-bond donors (Lipinski definition) is 0. The fourth-order valence-corrected chi connectivity index (χ4v) is 3.84. The fraction of sp³-hybridized carbons (Fsp3) is 0.273. The lowest BCUT2D eigenvalue weighted by Crippen LogP contribution is -2.44. The Hall–Kier alpha value is -2.99. The third-order valence-corrected chi connectivity index (χ3v) is 5.12. The number of carbonyl (C=O) groups excluding carboxylic acids is 4. The van der Waals surface area contributed by atoms with E-state index in [1.165, 1.54) is 11.8 Å². The van der Waals surface area contributed by atoms with Crippen molar-refractivity contribution in [3.8, 4) is 0 Å². The zero-order valence-electron chi connectivity index (χ0n) is 16.1. The van der Waals surface area contributed by atoms with Gasteiger partial charge in [0.1, 0.15) is 6.04 Å². The Morgan fingerprint density at radius 3 is 2.45 bits per heavy atom. The maximum atomic E-state index is 13.3. The van der Waals surface area contributed by atoms with Gasteiger partial charge in [0.15, 0.2) is 5.78 Å². The van der Waals surface area contributed by atoms with Crippen molar-refractivity contribution in [3.63, 3.8) is 0 Å². The van der Waals surface area contributed by atoms with Gasteiger partial charge in [-0.2, -0.15) is 0 Å². The fourth-order valence-electron chi connectivity index (χ4n) is 3.67. The van der Waals surface area contributed by atoms with Gasteiger partial charge in [-0.3, -0.25) is 14.4 Å². The minimum atomic E-state index is -0.957. The van der Waals surface area contributed by atoms with Crippen LogP contribution in [0.1, 0.15) is 42.1 Å². The number of benzene rings is 2. The summed E-state index contributed by atoms with van der Waals surface area (Å²) in [7, 11) is 0. The Balaban J connectivity index is 2.07. The molecule has 0 aliphatic carbocycles. The Labute approximate surface area is 173 Å². The molecule has 0 spiro atoms. The highest BCUT2D eigenvalue weighted by atomic mass is 35.5. The van der Waals surface area contributed by atoms with Gasteiger partial charge in [0.05, 0.1) is 12.3 Å². The molecular formula is C22H20ClNO5. The normalized spacial score (nSPS) is 16.3. The van der Waals surface area contributed by atoms with Gasteiger partial charge < -0.3 is 9.64 Å². The number of ketones is 2. The molecule has 2 aromatic carbocycles. The molecular weight excluding hydrogens is 394 g/mol. The molecule has 2 aromatic rings. The highest BCUT2D eigenvalue weighted by molar-refractivity contribution is 6.34. The van der Waals surface area contributed by atoms with Gasteiger partial charge in [-0.1, -0.05) is 41.9 Å². The van der Waals surface area contributed by atoms with Crippen molar-refractivity contribution < 1.29 is 23.9 Å². The molecule has 0 bridgehead atoms. The van der Waals surface area contributed by atoms with Crippen LogP contribution in [0, 0.1) is 0 Å². The minimum absolute atomic E-state index is 0.0758. The van der Waals surface area contributed by atoms with E-state index in [-0.39, 0.29) is 24.7 Å². The topological polar surface area (TPSA) is 80.8 Å². The Bertz CT molecular complexity index is 972. The highest BCUT2D eigenvalue weighted by Gasteiger charge is 2.45. The van der Waals surface area contributed by atoms with E-state index in [9.17, 15) is 19.2 Å². The average molecular weight is 414 g/mol.